The van der Waals surface area contributed by atoms with E-state index in [0.717, 1.165) is 31.1 Å². The van der Waals surface area contributed by atoms with Gasteiger partial charge in [0, 0.05) is 23.4 Å². The van der Waals surface area contributed by atoms with E-state index in [2.05, 4.69) is 20.2 Å². The van der Waals surface area contributed by atoms with Crippen LogP contribution in [-0.4, -0.2) is 41.1 Å². The van der Waals surface area contributed by atoms with E-state index in [1.807, 2.05) is 24.3 Å². The van der Waals surface area contributed by atoms with Crippen LogP contribution in [0.25, 0.3) is 11.3 Å². The highest BCUT2D eigenvalue weighted by Crippen LogP contribution is 2.29. The van der Waals surface area contributed by atoms with E-state index in [0.29, 0.717) is 35.2 Å². The second-order valence-corrected chi connectivity index (χ2v) is 7.99. The third-order valence-electron chi connectivity index (χ3n) is 5.36. The van der Waals surface area contributed by atoms with Crippen LogP contribution in [0.2, 0.25) is 5.02 Å². The van der Waals surface area contributed by atoms with E-state index < -0.39 is 5.82 Å². The molecule has 3 N–H and O–H groups in total. The minimum absolute atomic E-state index is 0.0597. The fourth-order valence-corrected chi connectivity index (χ4v) is 3.69. The first-order chi connectivity index (χ1) is 15.0. The van der Waals surface area contributed by atoms with Gasteiger partial charge in [0.1, 0.15) is 24.0 Å². The van der Waals surface area contributed by atoms with Crippen LogP contribution < -0.4 is 15.8 Å². The van der Waals surface area contributed by atoms with E-state index in [1.54, 1.807) is 13.0 Å². The number of anilines is 3. The number of nitrogens with zero attached hydrogens (tertiary/aromatic N) is 3. The van der Waals surface area contributed by atoms with E-state index in [9.17, 15) is 4.39 Å². The summed E-state index contributed by atoms with van der Waals surface area (Å²) in [4.78, 5) is 11.3. The second-order valence-electron chi connectivity index (χ2n) is 7.58. The fourth-order valence-electron chi connectivity index (χ4n) is 3.58. The highest BCUT2D eigenvalue weighted by Gasteiger charge is 2.13. The predicted octanol–water partition coefficient (Wildman–Crippen LogP) is 5.04. The maximum Gasteiger partial charge on any atom is 0.229 e. The topological polar surface area (TPSA) is 76.3 Å². The number of nitrogens with two attached hydrogens (primary N) is 1. The van der Waals surface area contributed by atoms with Crippen molar-refractivity contribution in [3.05, 3.63) is 58.9 Å². The van der Waals surface area contributed by atoms with E-state index in [4.69, 9.17) is 22.1 Å². The molecule has 0 unspecified atom stereocenters. The Kier molecular flexibility index (Phi) is 6.53. The monoisotopic (exact) mass is 441 g/mol. The SMILES string of the molecule is Cc1c(N)nc(Nc2ccc(OCCN3CCCC3)cc2)nc1-c1ccc(Cl)c(F)c1. The highest BCUT2D eigenvalue weighted by molar-refractivity contribution is 6.30. The Morgan fingerprint density at radius 2 is 1.87 bits per heavy atom. The molecule has 1 aromatic heterocycles. The molecule has 0 saturated carbocycles. The number of aromatic nitrogens is 2. The smallest absolute Gasteiger partial charge is 0.229 e. The molecule has 1 aliphatic rings. The average molecular weight is 442 g/mol. The van der Waals surface area contributed by atoms with Crippen molar-refractivity contribution in [1.29, 1.82) is 0 Å². The van der Waals surface area contributed by atoms with Gasteiger partial charge in [-0.15, -0.1) is 0 Å². The van der Waals surface area contributed by atoms with Gasteiger partial charge in [-0.1, -0.05) is 17.7 Å². The normalized spacial score (nSPS) is 14.0. The van der Waals surface area contributed by atoms with Gasteiger partial charge in [0.15, 0.2) is 0 Å². The summed E-state index contributed by atoms with van der Waals surface area (Å²) in [6.45, 7) is 5.75. The second kappa shape index (κ2) is 9.49. The summed E-state index contributed by atoms with van der Waals surface area (Å²) in [7, 11) is 0. The van der Waals surface area contributed by atoms with E-state index >= 15 is 0 Å². The quantitative estimate of drug-likeness (QED) is 0.534. The van der Waals surface area contributed by atoms with Gasteiger partial charge in [-0.25, -0.2) is 9.37 Å². The van der Waals surface area contributed by atoms with Gasteiger partial charge in [0.2, 0.25) is 5.95 Å². The number of halogens is 2. The van der Waals surface area contributed by atoms with Gasteiger partial charge >= 0.3 is 0 Å². The third kappa shape index (κ3) is 5.24. The summed E-state index contributed by atoms with van der Waals surface area (Å²) in [5, 5.41) is 3.21. The number of benzene rings is 2. The van der Waals surface area contributed by atoms with Gasteiger partial charge in [0.25, 0.3) is 0 Å². The first-order valence-corrected chi connectivity index (χ1v) is 10.7. The number of hydrogen-bond donors (Lipinski definition) is 2. The van der Waals surface area contributed by atoms with Gasteiger partial charge in [-0.05, 0) is 69.3 Å². The zero-order valence-electron chi connectivity index (χ0n) is 17.4. The number of hydrogen-bond acceptors (Lipinski definition) is 6. The molecule has 31 heavy (non-hydrogen) atoms. The van der Waals surface area contributed by atoms with Crippen molar-refractivity contribution >= 4 is 29.1 Å². The summed E-state index contributed by atoms with van der Waals surface area (Å²) < 4.78 is 19.8. The van der Waals surface area contributed by atoms with Crippen LogP contribution in [0.15, 0.2) is 42.5 Å². The van der Waals surface area contributed by atoms with Gasteiger partial charge in [-0.2, -0.15) is 4.98 Å². The molecule has 0 radical (unpaired) electrons. The summed E-state index contributed by atoms with van der Waals surface area (Å²) in [6.07, 6.45) is 2.56. The minimum Gasteiger partial charge on any atom is -0.492 e. The molecule has 8 heteroatoms. The van der Waals surface area contributed by atoms with Crippen LogP contribution >= 0.6 is 11.6 Å². The van der Waals surface area contributed by atoms with Gasteiger partial charge in [0.05, 0.1) is 10.7 Å². The summed E-state index contributed by atoms with van der Waals surface area (Å²) in [6, 6.07) is 12.1. The van der Waals surface area contributed by atoms with E-state index in [-0.39, 0.29) is 5.02 Å². The van der Waals surface area contributed by atoms with Crippen molar-refractivity contribution in [3.63, 3.8) is 0 Å². The van der Waals surface area contributed by atoms with Crippen molar-refractivity contribution in [2.75, 3.05) is 37.3 Å². The first kappa shape index (κ1) is 21.3. The Balaban J connectivity index is 1.45. The molecule has 1 saturated heterocycles. The maximum absolute atomic E-state index is 13.9. The number of rotatable bonds is 7. The highest BCUT2D eigenvalue weighted by atomic mass is 35.5. The zero-order chi connectivity index (χ0) is 21.8. The standard InChI is InChI=1S/C23H25ClFN5O/c1-15-21(16-4-9-19(24)20(25)14-16)28-23(29-22(15)26)27-17-5-7-18(8-6-17)31-13-12-30-10-2-3-11-30/h4-9,14H,2-3,10-13H2,1H3,(H3,26,27,28,29). The Hall–Kier alpha value is -2.90. The summed E-state index contributed by atoms with van der Waals surface area (Å²) in [5.41, 5.74) is 8.68. The molecular formula is C23H25ClFN5O. The van der Waals surface area contributed by atoms with Crippen LogP contribution in [0, 0.1) is 12.7 Å². The van der Waals surface area contributed by atoms with Crippen LogP contribution in [0.3, 0.4) is 0 Å². The molecule has 6 nitrogen and oxygen atoms in total. The molecule has 4 rings (SSSR count). The molecule has 0 aliphatic carbocycles. The number of ether oxygens (including phenoxy) is 1. The third-order valence-corrected chi connectivity index (χ3v) is 5.67. The van der Waals surface area contributed by atoms with Crippen LogP contribution in [0.4, 0.5) is 21.8 Å². The largest absolute Gasteiger partial charge is 0.492 e. The molecule has 2 heterocycles. The molecule has 162 valence electrons. The summed E-state index contributed by atoms with van der Waals surface area (Å²) in [5.74, 6) is 0.956. The van der Waals surface area contributed by atoms with Gasteiger partial charge in [-0.3, -0.25) is 4.90 Å². The molecule has 1 fully saturated rings. The van der Waals surface area contributed by atoms with E-state index in [1.165, 1.54) is 25.0 Å². The lowest BCUT2D eigenvalue weighted by Crippen LogP contribution is -2.25. The Bertz CT molecular complexity index is 1050. The Morgan fingerprint density at radius 1 is 1.13 bits per heavy atom. The van der Waals surface area contributed by atoms with Crippen LogP contribution in [0.1, 0.15) is 18.4 Å². The van der Waals surface area contributed by atoms with Crippen molar-refractivity contribution in [1.82, 2.24) is 14.9 Å². The van der Waals surface area contributed by atoms with Gasteiger partial charge < -0.3 is 15.8 Å². The predicted molar refractivity (Wildman–Crippen MR) is 122 cm³/mol. The molecule has 3 aromatic rings. The lowest BCUT2D eigenvalue weighted by atomic mass is 10.1. The van der Waals surface area contributed by atoms with Crippen molar-refractivity contribution in [2.24, 2.45) is 0 Å². The molecular weight excluding hydrogens is 417 g/mol. The number of nitrogen functional groups attached to an aromatic ring is 1. The Labute approximate surface area is 186 Å². The number of nitrogens with one attached hydrogen (secondary N) is 1. The fraction of sp³-hybridized carbons (Fsp3) is 0.304. The molecule has 0 amide bonds. The molecule has 1 aliphatic heterocycles. The first-order valence-electron chi connectivity index (χ1n) is 10.3. The molecule has 0 bridgehead atoms. The Morgan fingerprint density at radius 3 is 2.58 bits per heavy atom. The molecule has 0 spiro atoms. The maximum atomic E-state index is 13.9. The number of likely N-dealkylation sites (tertiary alicyclic amines) is 1. The van der Waals surface area contributed by atoms with Crippen molar-refractivity contribution in [3.8, 4) is 17.0 Å². The average Bonchev–Trinajstić information content (AvgIpc) is 3.27. The zero-order valence-corrected chi connectivity index (χ0v) is 18.1. The molecule has 0 atom stereocenters. The lowest BCUT2D eigenvalue weighted by molar-refractivity contribution is 0.238. The van der Waals surface area contributed by atoms with Crippen LogP contribution in [0.5, 0.6) is 5.75 Å². The summed E-state index contributed by atoms with van der Waals surface area (Å²) >= 11 is 5.80. The molecule has 2 aromatic carbocycles. The van der Waals surface area contributed by atoms with Crippen molar-refractivity contribution < 1.29 is 9.13 Å². The van der Waals surface area contributed by atoms with Crippen LogP contribution in [-0.2, 0) is 0 Å². The lowest BCUT2D eigenvalue weighted by Gasteiger charge is -2.15. The van der Waals surface area contributed by atoms with Crippen molar-refractivity contribution in [2.45, 2.75) is 19.8 Å². The minimum atomic E-state index is -0.509.